The second-order valence-electron chi connectivity index (χ2n) is 6.30. The largest absolute Gasteiger partial charge is 0.491 e. The number of hydrogen-bond acceptors (Lipinski definition) is 3. The van der Waals surface area contributed by atoms with Crippen molar-refractivity contribution in [2.24, 2.45) is 11.8 Å². The van der Waals surface area contributed by atoms with E-state index in [-0.39, 0.29) is 30.3 Å². The lowest BCUT2D eigenvalue weighted by atomic mass is 9.88. The first kappa shape index (κ1) is 19.3. The molecule has 1 fully saturated rings. The number of halogens is 1. The molecule has 0 radical (unpaired) electrons. The van der Waals surface area contributed by atoms with Crippen LogP contribution in [-0.2, 0) is 4.79 Å². The molecule has 25 heavy (non-hydrogen) atoms. The third-order valence-electron chi connectivity index (χ3n) is 4.61. The van der Waals surface area contributed by atoms with Gasteiger partial charge in [-0.2, -0.15) is 0 Å². The normalized spacial score (nSPS) is 16.0. The van der Waals surface area contributed by atoms with E-state index in [1.54, 1.807) is 0 Å². The van der Waals surface area contributed by atoms with E-state index in [2.05, 4.69) is 10.6 Å². The molecule has 0 saturated carbocycles. The van der Waals surface area contributed by atoms with Crippen molar-refractivity contribution in [2.45, 2.75) is 13.0 Å². The maximum absolute atomic E-state index is 12.6. The van der Waals surface area contributed by atoms with Crippen LogP contribution in [0.3, 0.4) is 0 Å². The van der Waals surface area contributed by atoms with Crippen molar-refractivity contribution in [3.63, 3.8) is 0 Å². The van der Waals surface area contributed by atoms with Crippen LogP contribution in [0, 0.1) is 11.8 Å². The summed E-state index contributed by atoms with van der Waals surface area (Å²) in [5, 5.41) is 6.38. The standard InChI is InChI=1S/C20H24N2O2.ClH/c1-15(17-12-21-13-17)20(23)22-19(16-8-4-2-5-9-16)14-24-18-10-6-3-7-11-18;/h2-11,15,17,19,21H,12-14H2,1H3,(H,22,23);1H. The topological polar surface area (TPSA) is 50.4 Å². The summed E-state index contributed by atoms with van der Waals surface area (Å²) in [6.07, 6.45) is 0. The van der Waals surface area contributed by atoms with Gasteiger partial charge in [0.2, 0.25) is 5.91 Å². The Morgan fingerprint density at radius 3 is 2.28 bits per heavy atom. The van der Waals surface area contributed by atoms with Crippen LogP contribution in [0.25, 0.3) is 0 Å². The Labute approximate surface area is 155 Å². The summed E-state index contributed by atoms with van der Waals surface area (Å²) in [5.74, 6) is 1.33. The third-order valence-corrected chi connectivity index (χ3v) is 4.61. The number of benzene rings is 2. The molecular formula is C20H25ClN2O2. The summed E-state index contributed by atoms with van der Waals surface area (Å²) in [5.41, 5.74) is 1.06. The van der Waals surface area contributed by atoms with Gasteiger partial charge in [-0.1, -0.05) is 55.5 Å². The van der Waals surface area contributed by atoms with Crippen LogP contribution in [0.15, 0.2) is 60.7 Å². The monoisotopic (exact) mass is 360 g/mol. The van der Waals surface area contributed by atoms with Crippen molar-refractivity contribution in [3.8, 4) is 5.75 Å². The number of nitrogens with one attached hydrogen (secondary N) is 2. The van der Waals surface area contributed by atoms with E-state index in [1.807, 2.05) is 67.6 Å². The fourth-order valence-corrected chi connectivity index (χ4v) is 2.78. The van der Waals surface area contributed by atoms with Gasteiger partial charge in [-0.3, -0.25) is 4.79 Å². The number of hydrogen-bond donors (Lipinski definition) is 2. The highest BCUT2D eigenvalue weighted by Gasteiger charge is 2.30. The van der Waals surface area contributed by atoms with Crippen LogP contribution in [0.5, 0.6) is 5.75 Å². The maximum atomic E-state index is 12.6. The number of para-hydroxylation sites is 1. The van der Waals surface area contributed by atoms with Crippen LogP contribution < -0.4 is 15.4 Å². The van der Waals surface area contributed by atoms with Gasteiger partial charge in [0.15, 0.2) is 0 Å². The van der Waals surface area contributed by atoms with E-state index in [0.29, 0.717) is 12.5 Å². The Kier molecular flexibility index (Phi) is 7.29. The Morgan fingerprint density at radius 1 is 1.12 bits per heavy atom. The molecule has 134 valence electrons. The molecule has 0 aliphatic carbocycles. The SMILES string of the molecule is CC(C(=O)NC(COc1ccccc1)c1ccccc1)C1CNC1.Cl. The predicted octanol–water partition coefficient (Wildman–Crippen LogP) is 3.20. The Hall–Kier alpha value is -2.04. The maximum Gasteiger partial charge on any atom is 0.223 e. The first-order valence-electron chi connectivity index (χ1n) is 8.48. The van der Waals surface area contributed by atoms with Gasteiger partial charge < -0.3 is 15.4 Å². The Morgan fingerprint density at radius 2 is 1.72 bits per heavy atom. The minimum atomic E-state index is -0.158. The first-order valence-corrected chi connectivity index (χ1v) is 8.48. The van der Waals surface area contributed by atoms with Crippen molar-refractivity contribution in [3.05, 3.63) is 66.2 Å². The number of carbonyl (C=O) groups is 1. The molecule has 1 amide bonds. The summed E-state index contributed by atoms with van der Waals surface area (Å²) in [6, 6.07) is 19.5. The summed E-state index contributed by atoms with van der Waals surface area (Å²) >= 11 is 0. The molecule has 2 atom stereocenters. The average Bonchev–Trinajstić information content (AvgIpc) is 2.58. The van der Waals surface area contributed by atoms with Crippen molar-refractivity contribution >= 4 is 18.3 Å². The van der Waals surface area contributed by atoms with Crippen LogP contribution >= 0.6 is 12.4 Å². The minimum Gasteiger partial charge on any atom is -0.491 e. The number of carbonyl (C=O) groups excluding carboxylic acids is 1. The predicted molar refractivity (Wildman–Crippen MR) is 102 cm³/mol. The smallest absolute Gasteiger partial charge is 0.223 e. The van der Waals surface area contributed by atoms with E-state index in [9.17, 15) is 4.79 Å². The van der Waals surface area contributed by atoms with Crippen LogP contribution in [0.4, 0.5) is 0 Å². The summed E-state index contributed by atoms with van der Waals surface area (Å²) < 4.78 is 5.88. The van der Waals surface area contributed by atoms with Gasteiger partial charge in [0, 0.05) is 5.92 Å². The fraction of sp³-hybridized carbons (Fsp3) is 0.350. The summed E-state index contributed by atoms with van der Waals surface area (Å²) in [6.45, 7) is 4.26. The molecular weight excluding hydrogens is 336 g/mol. The minimum absolute atomic E-state index is 0. The molecule has 5 heteroatoms. The molecule has 0 bridgehead atoms. The lowest BCUT2D eigenvalue weighted by molar-refractivity contribution is -0.127. The molecule has 0 spiro atoms. The first-order chi connectivity index (χ1) is 11.7. The number of rotatable bonds is 7. The van der Waals surface area contributed by atoms with Crippen molar-refractivity contribution in [2.75, 3.05) is 19.7 Å². The quantitative estimate of drug-likeness (QED) is 0.797. The van der Waals surface area contributed by atoms with Crippen molar-refractivity contribution < 1.29 is 9.53 Å². The highest BCUT2D eigenvalue weighted by molar-refractivity contribution is 5.85. The summed E-state index contributed by atoms with van der Waals surface area (Å²) in [4.78, 5) is 12.6. The third kappa shape index (κ3) is 5.21. The Bertz CT molecular complexity index is 647. The van der Waals surface area contributed by atoms with Gasteiger partial charge in [0.25, 0.3) is 0 Å². The molecule has 2 aromatic rings. The average molecular weight is 361 g/mol. The highest BCUT2D eigenvalue weighted by Crippen LogP contribution is 2.20. The fourth-order valence-electron chi connectivity index (χ4n) is 2.78. The molecule has 2 N–H and O–H groups in total. The zero-order valence-corrected chi connectivity index (χ0v) is 15.2. The van der Waals surface area contributed by atoms with Gasteiger partial charge in [0.1, 0.15) is 12.4 Å². The zero-order chi connectivity index (χ0) is 16.8. The van der Waals surface area contributed by atoms with E-state index >= 15 is 0 Å². The molecule has 2 unspecified atom stereocenters. The molecule has 1 heterocycles. The second kappa shape index (κ2) is 9.44. The molecule has 0 aromatic heterocycles. The zero-order valence-electron chi connectivity index (χ0n) is 14.4. The van der Waals surface area contributed by atoms with E-state index in [0.717, 1.165) is 24.4 Å². The molecule has 1 aliphatic rings. The second-order valence-corrected chi connectivity index (χ2v) is 6.30. The summed E-state index contributed by atoms with van der Waals surface area (Å²) in [7, 11) is 0. The van der Waals surface area contributed by atoms with Gasteiger partial charge in [-0.05, 0) is 36.7 Å². The lowest BCUT2D eigenvalue weighted by Crippen LogP contribution is -2.50. The molecule has 2 aromatic carbocycles. The van der Waals surface area contributed by atoms with Gasteiger partial charge in [-0.15, -0.1) is 12.4 Å². The van der Waals surface area contributed by atoms with Crippen LogP contribution in [0.1, 0.15) is 18.5 Å². The van der Waals surface area contributed by atoms with Gasteiger partial charge in [0.05, 0.1) is 6.04 Å². The number of ether oxygens (including phenoxy) is 1. The van der Waals surface area contributed by atoms with Crippen molar-refractivity contribution in [1.82, 2.24) is 10.6 Å². The van der Waals surface area contributed by atoms with E-state index in [1.165, 1.54) is 0 Å². The van der Waals surface area contributed by atoms with Gasteiger partial charge >= 0.3 is 0 Å². The molecule has 4 nitrogen and oxygen atoms in total. The van der Waals surface area contributed by atoms with Crippen molar-refractivity contribution in [1.29, 1.82) is 0 Å². The van der Waals surface area contributed by atoms with E-state index < -0.39 is 0 Å². The number of amides is 1. The molecule has 1 saturated heterocycles. The molecule has 3 rings (SSSR count). The van der Waals surface area contributed by atoms with Gasteiger partial charge in [-0.25, -0.2) is 0 Å². The van der Waals surface area contributed by atoms with Crippen LogP contribution in [0.2, 0.25) is 0 Å². The Balaban J connectivity index is 0.00000225. The lowest BCUT2D eigenvalue weighted by Gasteiger charge is -2.32. The van der Waals surface area contributed by atoms with E-state index in [4.69, 9.17) is 4.74 Å². The highest BCUT2D eigenvalue weighted by atomic mass is 35.5. The molecule has 1 aliphatic heterocycles. The van der Waals surface area contributed by atoms with Crippen LogP contribution in [-0.4, -0.2) is 25.6 Å².